The molecule has 3 atom stereocenters. The smallest absolute Gasteiger partial charge is 0.338 e. The SMILES string of the molecule is Cc1c([C@@H](O)CN2CC3C(C2)C3C(=O)Cc2ccns2)ccc2c1COC2=O. The number of aliphatic hydroxyl groups is 1. The number of likely N-dealkylation sites (tertiary alicyclic amines) is 1. The minimum absolute atomic E-state index is 0.181. The minimum Gasteiger partial charge on any atom is -0.457 e. The summed E-state index contributed by atoms with van der Waals surface area (Å²) in [5.74, 6) is 1.09. The van der Waals surface area contributed by atoms with Crippen LogP contribution in [0.15, 0.2) is 24.4 Å². The lowest BCUT2D eigenvalue weighted by Crippen LogP contribution is -2.31. The van der Waals surface area contributed by atoms with Gasteiger partial charge in [0.15, 0.2) is 0 Å². The average Bonchev–Trinajstić information content (AvgIpc) is 3.11. The number of carbonyl (C=O) groups excluding carboxylic acids is 2. The quantitative estimate of drug-likeness (QED) is 0.751. The molecule has 28 heavy (non-hydrogen) atoms. The van der Waals surface area contributed by atoms with Crippen LogP contribution in [0.3, 0.4) is 0 Å². The highest BCUT2D eigenvalue weighted by atomic mass is 32.1. The lowest BCUT2D eigenvalue weighted by atomic mass is 9.95. The Bertz CT molecular complexity index is 930. The van der Waals surface area contributed by atoms with E-state index in [2.05, 4.69) is 9.27 Å². The third-order valence-corrected chi connectivity index (χ3v) is 7.22. The first kappa shape index (κ1) is 18.0. The molecule has 1 saturated heterocycles. The zero-order valence-corrected chi connectivity index (χ0v) is 16.4. The summed E-state index contributed by atoms with van der Waals surface area (Å²) >= 11 is 1.40. The number of aromatic nitrogens is 1. The van der Waals surface area contributed by atoms with Gasteiger partial charge >= 0.3 is 5.97 Å². The van der Waals surface area contributed by atoms with Crippen molar-refractivity contribution in [3.63, 3.8) is 0 Å². The van der Waals surface area contributed by atoms with Crippen molar-refractivity contribution in [3.05, 3.63) is 51.5 Å². The molecule has 1 saturated carbocycles. The lowest BCUT2D eigenvalue weighted by molar-refractivity contribution is -0.120. The molecule has 1 aromatic heterocycles. The fourth-order valence-electron chi connectivity index (χ4n) is 4.93. The summed E-state index contributed by atoms with van der Waals surface area (Å²) < 4.78 is 9.16. The standard InChI is InChI=1S/C21H22N2O4S/c1-11-13(2-3-14-17(11)10-27-21(14)26)19(25)9-23-7-15-16(8-23)20(15)18(24)6-12-4-5-22-28-12/h2-5,15-16,19-20,25H,6-10H2,1H3/t15?,16?,19-,20?/m0/s1. The van der Waals surface area contributed by atoms with Gasteiger partial charge in [0.25, 0.3) is 0 Å². The van der Waals surface area contributed by atoms with E-state index in [1.807, 2.05) is 19.1 Å². The van der Waals surface area contributed by atoms with E-state index in [0.717, 1.165) is 34.7 Å². The zero-order valence-electron chi connectivity index (χ0n) is 15.6. The molecule has 0 bridgehead atoms. The molecule has 0 spiro atoms. The van der Waals surface area contributed by atoms with E-state index in [1.165, 1.54) is 11.5 Å². The number of carbonyl (C=O) groups is 2. The maximum Gasteiger partial charge on any atom is 0.338 e. The second-order valence-electron chi connectivity index (χ2n) is 8.09. The molecular formula is C21H22N2O4S. The molecule has 3 aliphatic rings. The van der Waals surface area contributed by atoms with E-state index >= 15 is 0 Å². The first-order valence-corrected chi connectivity index (χ1v) is 10.4. The highest BCUT2D eigenvalue weighted by molar-refractivity contribution is 7.05. The summed E-state index contributed by atoms with van der Waals surface area (Å²) in [5, 5.41) is 10.8. The summed E-state index contributed by atoms with van der Waals surface area (Å²) in [6.45, 7) is 4.52. The summed E-state index contributed by atoms with van der Waals surface area (Å²) in [6.07, 6.45) is 1.64. The number of ether oxygens (including phenoxy) is 1. The van der Waals surface area contributed by atoms with Gasteiger partial charge in [0.1, 0.15) is 12.4 Å². The van der Waals surface area contributed by atoms with E-state index < -0.39 is 6.10 Å². The van der Waals surface area contributed by atoms with Crippen LogP contribution in [0.5, 0.6) is 0 Å². The number of rotatable bonds is 6. The Morgan fingerprint density at radius 3 is 2.86 bits per heavy atom. The molecule has 1 aliphatic carbocycles. The summed E-state index contributed by atoms with van der Waals surface area (Å²) in [6, 6.07) is 5.51. The molecule has 5 rings (SSSR count). The molecule has 3 heterocycles. The number of nitrogens with zero attached hydrogens (tertiary/aromatic N) is 2. The Labute approximate surface area is 167 Å². The Hall–Kier alpha value is -2.09. The van der Waals surface area contributed by atoms with Crippen LogP contribution in [0.1, 0.15) is 38.0 Å². The van der Waals surface area contributed by atoms with Gasteiger partial charge in [0, 0.05) is 48.6 Å². The Morgan fingerprint density at radius 2 is 2.14 bits per heavy atom. The van der Waals surface area contributed by atoms with Crippen LogP contribution >= 0.6 is 11.5 Å². The predicted octanol–water partition coefficient (Wildman–Crippen LogP) is 2.14. The van der Waals surface area contributed by atoms with E-state index in [9.17, 15) is 14.7 Å². The van der Waals surface area contributed by atoms with Crippen LogP contribution in [0.2, 0.25) is 0 Å². The van der Waals surface area contributed by atoms with Gasteiger partial charge in [-0.1, -0.05) is 6.07 Å². The van der Waals surface area contributed by atoms with Gasteiger partial charge in [-0.2, -0.15) is 0 Å². The lowest BCUT2D eigenvalue weighted by Gasteiger charge is -2.24. The molecule has 2 aliphatic heterocycles. The number of fused-ring (bicyclic) bond motifs is 2. The van der Waals surface area contributed by atoms with Crippen LogP contribution in [0.25, 0.3) is 0 Å². The topological polar surface area (TPSA) is 79.7 Å². The van der Waals surface area contributed by atoms with Crippen molar-refractivity contribution >= 4 is 23.3 Å². The minimum atomic E-state index is -0.607. The first-order chi connectivity index (χ1) is 13.5. The number of esters is 1. The third kappa shape index (κ3) is 2.98. The van der Waals surface area contributed by atoms with E-state index in [4.69, 9.17) is 4.74 Å². The Morgan fingerprint density at radius 1 is 1.36 bits per heavy atom. The van der Waals surface area contributed by atoms with Crippen molar-refractivity contribution in [3.8, 4) is 0 Å². The maximum absolute atomic E-state index is 12.5. The largest absolute Gasteiger partial charge is 0.457 e. The van der Waals surface area contributed by atoms with Crippen LogP contribution in [-0.4, -0.2) is 45.8 Å². The second kappa shape index (κ2) is 6.76. The first-order valence-electron chi connectivity index (χ1n) is 9.65. The molecule has 7 heteroatoms. The second-order valence-corrected chi connectivity index (χ2v) is 9.01. The number of cyclic esters (lactones) is 1. The molecular weight excluding hydrogens is 376 g/mol. The summed E-state index contributed by atoms with van der Waals surface area (Å²) in [7, 11) is 0. The summed E-state index contributed by atoms with van der Waals surface area (Å²) in [4.78, 5) is 27.5. The molecule has 2 unspecified atom stereocenters. The third-order valence-electron chi connectivity index (χ3n) is 6.48. The van der Waals surface area contributed by atoms with Gasteiger partial charge in [-0.25, -0.2) is 9.17 Å². The van der Waals surface area contributed by atoms with Gasteiger partial charge < -0.3 is 9.84 Å². The number of ketones is 1. The molecule has 0 amide bonds. The average molecular weight is 398 g/mol. The molecule has 1 aromatic carbocycles. The number of benzene rings is 1. The van der Waals surface area contributed by atoms with Crippen molar-refractivity contribution in [1.29, 1.82) is 0 Å². The Balaban J connectivity index is 1.18. The van der Waals surface area contributed by atoms with Crippen LogP contribution < -0.4 is 0 Å². The normalized spacial score (nSPS) is 26.6. The fraction of sp³-hybridized carbons (Fsp3) is 0.476. The van der Waals surface area contributed by atoms with Crippen molar-refractivity contribution in [2.45, 2.75) is 26.1 Å². The number of piperidine rings is 1. The molecule has 2 fully saturated rings. The van der Waals surface area contributed by atoms with Crippen molar-refractivity contribution in [2.75, 3.05) is 19.6 Å². The van der Waals surface area contributed by atoms with Crippen LogP contribution in [0, 0.1) is 24.7 Å². The number of aliphatic hydroxyl groups excluding tert-OH is 1. The maximum atomic E-state index is 12.5. The number of Topliss-reactive ketones (excluding diaryl/α,β-unsaturated/α-hetero) is 1. The number of hydrogen-bond acceptors (Lipinski definition) is 7. The van der Waals surface area contributed by atoms with Gasteiger partial charge in [-0.3, -0.25) is 9.69 Å². The van der Waals surface area contributed by atoms with Gasteiger partial charge in [-0.05, 0) is 53.6 Å². The predicted molar refractivity (Wildman–Crippen MR) is 103 cm³/mol. The zero-order chi connectivity index (χ0) is 19.4. The highest BCUT2D eigenvalue weighted by Crippen LogP contribution is 2.52. The fourth-order valence-corrected chi connectivity index (χ4v) is 5.52. The molecule has 1 N–H and O–H groups in total. The van der Waals surface area contributed by atoms with Crippen LogP contribution in [-0.2, 0) is 22.6 Å². The molecule has 146 valence electrons. The van der Waals surface area contributed by atoms with Gasteiger partial charge in [-0.15, -0.1) is 0 Å². The van der Waals surface area contributed by atoms with Crippen molar-refractivity contribution < 1.29 is 19.4 Å². The highest BCUT2D eigenvalue weighted by Gasteiger charge is 2.58. The molecule has 0 radical (unpaired) electrons. The number of β-amino-alcohol motifs (C(OH)–C–C–N with tert-alkyl or cyclic N) is 1. The van der Waals surface area contributed by atoms with Crippen molar-refractivity contribution in [2.24, 2.45) is 17.8 Å². The van der Waals surface area contributed by atoms with Crippen molar-refractivity contribution in [1.82, 2.24) is 9.27 Å². The van der Waals surface area contributed by atoms with E-state index in [-0.39, 0.29) is 18.5 Å². The van der Waals surface area contributed by atoms with Crippen LogP contribution in [0.4, 0.5) is 0 Å². The summed E-state index contributed by atoms with van der Waals surface area (Å²) in [5.41, 5.74) is 3.30. The van der Waals surface area contributed by atoms with Gasteiger partial charge in [0.05, 0.1) is 11.7 Å². The molecule has 6 nitrogen and oxygen atoms in total. The Kier molecular flexibility index (Phi) is 4.34. The molecule has 2 aromatic rings. The number of hydrogen-bond donors (Lipinski definition) is 1. The van der Waals surface area contributed by atoms with E-state index in [1.54, 1.807) is 12.3 Å². The van der Waals surface area contributed by atoms with Gasteiger partial charge in [0.2, 0.25) is 0 Å². The van der Waals surface area contributed by atoms with E-state index in [0.29, 0.717) is 36.1 Å². The monoisotopic (exact) mass is 398 g/mol.